The molecule has 2 fully saturated rings. The first kappa shape index (κ1) is 16.9. The molecule has 2 aliphatic heterocycles. The fraction of sp³-hybridized carbons (Fsp3) is 0.667. The van der Waals surface area contributed by atoms with Crippen LogP contribution in [0.5, 0.6) is 0 Å². The first-order chi connectivity index (χ1) is 11.0. The van der Waals surface area contributed by atoms with Crippen LogP contribution in [0.2, 0.25) is 0 Å². The van der Waals surface area contributed by atoms with Gasteiger partial charge in [0, 0.05) is 24.6 Å². The zero-order valence-electron chi connectivity index (χ0n) is 13.2. The van der Waals surface area contributed by atoms with Crippen molar-refractivity contribution in [3.05, 3.63) is 17.0 Å². The van der Waals surface area contributed by atoms with Crippen molar-refractivity contribution in [1.29, 1.82) is 0 Å². The Morgan fingerprint density at radius 1 is 1.39 bits per heavy atom. The van der Waals surface area contributed by atoms with Gasteiger partial charge in [0.15, 0.2) is 0 Å². The Balaban J connectivity index is 1.60. The lowest BCUT2D eigenvalue weighted by molar-refractivity contribution is -0.126. The van der Waals surface area contributed by atoms with Gasteiger partial charge in [-0.15, -0.1) is 11.3 Å². The zero-order valence-corrected chi connectivity index (χ0v) is 14.8. The minimum atomic E-state index is -3.36. The van der Waals surface area contributed by atoms with E-state index in [9.17, 15) is 13.2 Å². The molecule has 0 spiro atoms. The summed E-state index contributed by atoms with van der Waals surface area (Å²) < 4.78 is 32.2. The second-order valence-electron chi connectivity index (χ2n) is 6.02. The van der Waals surface area contributed by atoms with Crippen molar-refractivity contribution >= 4 is 27.3 Å². The Kier molecular flexibility index (Phi) is 5.05. The molecule has 0 saturated carbocycles. The summed E-state index contributed by atoms with van der Waals surface area (Å²) in [7, 11) is -3.36. The molecule has 3 rings (SSSR count). The molecule has 1 aromatic heterocycles. The lowest BCUT2D eigenvalue weighted by atomic mass is 10.0. The molecule has 2 atom stereocenters. The molecule has 0 aromatic carbocycles. The third kappa shape index (κ3) is 3.60. The molecule has 0 radical (unpaired) electrons. The fourth-order valence-corrected chi connectivity index (χ4v) is 6.00. The first-order valence-electron chi connectivity index (χ1n) is 7.96. The molecule has 0 unspecified atom stereocenters. The molecule has 128 valence electrons. The van der Waals surface area contributed by atoms with Gasteiger partial charge in [0.1, 0.15) is 4.21 Å². The highest BCUT2D eigenvalue weighted by atomic mass is 32.2. The Morgan fingerprint density at radius 2 is 2.13 bits per heavy atom. The number of carbonyl (C=O) groups excluding carboxylic acids is 1. The van der Waals surface area contributed by atoms with Crippen molar-refractivity contribution in [2.75, 3.05) is 19.7 Å². The van der Waals surface area contributed by atoms with E-state index in [1.165, 1.54) is 11.3 Å². The smallest absolute Gasteiger partial charge is 0.252 e. The summed E-state index contributed by atoms with van der Waals surface area (Å²) >= 11 is 1.24. The summed E-state index contributed by atoms with van der Waals surface area (Å²) in [5, 5.41) is 2.89. The van der Waals surface area contributed by atoms with Crippen LogP contribution in [0.3, 0.4) is 0 Å². The molecule has 6 nitrogen and oxygen atoms in total. The highest BCUT2D eigenvalue weighted by Crippen LogP contribution is 2.27. The predicted molar refractivity (Wildman–Crippen MR) is 87.7 cm³/mol. The zero-order chi connectivity index (χ0) is 16.4. The van der Waals surface area contributed by atoms with Gasteiger partial charge in [0.05, 0.1) is 18.6 Å². The quantitative estimate of drug-likeness (QED) is 0.867. The van der Waals surface area contributed by atoms with Crippen LogP contribution in [0, 0.1) is 5.92 Å². The van der Waals surface area contributed by atoms with Crippen LogP contribution < -0.4 is 5.32 Å². The molecule has 2 aliphatic rings. The summed E-state index contributed by atoms with van der Waals surface area (Å²) in [4.78, 5) is 13.0. The molecule has 1 N–H and O–H groups in total. The number of ether oxygens (including phenoxy) is 1. The minimum absolute atomic E-state index is 0.0210. The molecular formula is C15H22N2O4S2. The van der Waals surface area contributed by atoms with Gasteiger partial charge < -0.3 is 10.1 Å². The number of amides is 1. The van der Waals surface area contributed by atoms with Crippen LogP contribution >= 0.6 is 11.3 Å². The normalized spacial score (nSPS) is 25.8. The van der Waals surface area contributed by atoms with Gasteiger partial charge in [-0.25, -0.2) is 8.42 Å². The van der Waals surface area contributed by atoms with E-state index in [0.29, 0.717) is 30.5 Å². The monoisotopic (exact) mass is 358 g/mol. The second kappa shape index (κ2) is 6.88. The van der Waals surface area contributed by atoms with Crippen molar-refractivity contribution in [2.24, 2.45) is 5.92 Å². The van der Waals surface area contributed by atoms with Gasteiger partial charge in [-0.1, -0.05) is 0 Å². The summed E-state index contributed by atoms with van der Waals surface area (Å²) in [6.07, 6.45) is 2.54. The van der Waals surface area contributed by atoms with Gasteiger partial charge in [0.2, 0.25) is 5.91 Å². The predicted octanol–water partition coefficient (Wildman–Crippen LogP) is 1.57. The number of carbonyl (C=O) groups is 1. The van der Waals surface area contributed by atoms with Gasteiger partial charge in [-0.05, 0) is 38.3 Å². The van der Waals surface area contributed by atoms with Crippen molar-refractivity contribution in [3.8, 4) is 0 Å². The number of nitrogens with zero attached hydrogens (tertiary/aromatic N) is 1. The van der Waals surface area contributed by atoms with E-state index in [1.807, 2.05) is 6.92 Å². The summed E-state index contributed by atoms with van der Waals surface area (Å²) in [5.41, 5.74) is 0. The summed E-state index contributed by atoms with van der Waals surface area (Å²) in [6.45, 7) is 4.10. The maximum atomic E-state index is 12.5. The number of sulfonamides is 1. The van der Waals surface area contributed by atoms with E-state index in [2.05, 4.69) is 5.32 Å². The lowest BCUT2D eigenvalue weighted by Gasteiger charge is -2.14. The Bertz CT molecular complexity index is 665. The highest BCUT2D eigenvalue weighted by molar-refractivity contribution is 7.91. The Hall–Kier alpha value is -0.960. The van der Waals surface area contributed by atoms with E-state index < -0.39 is 10.0 Å². The van der Waals surface area contributed by atoms with Crippen LogP contribution in [0.25, 0.3) is 0 Å². The molecule has 1 aromatic rings. The molecule has 23 heavy (non-hydrogen) atoms. The van der Waals surface area contributed by atoms with E-state index in [4.69, 9.17) is 4.74 Å². The van der Waals surface area contributed by atoms with Crippen molar-refractivity contribution in [2.45, 2.75) is 43.0 Å². The Labute approximate surface area is 140 Å². The fourth-order valence-electron chi connectivity index (χ4n) is 3.03. The molecule has 1 amide bonds. The molecular weight excluding hydrogens is 336 g/mol. The number of thiophene rings is 1. The average molecular weight is 358 g/mol. The third-order valence-electron chi connectivity index (χ3n) is 4.45. The average Bonchev–Trinajstić information content (AvgIpc) is 3.25. The third-order valence-corrected chi connectivity index (χ3v) is 7.90. The number of rotatable bonds is 5. The molecule has 8 heteroatoms. The number of hydrogen-bond acceptors (Lipinski definition) is 5. The van der Waals surface area contributed by atoms with Crippen molar-refractivity contribution in [3.63, 3.8) is 0 Å². The minimum Gasteiger partial charge on any atom is -0.378 e. The molecule has 2 saturated heterocycles. The van der Waals surface area contributed by atoms with Crippen LogP contribution in [-0.2, 0) is 26.1 Å². The van der Waals surface area contributed by atoms with Gasteiger partial charge in [-0.2, -0.15) is 4.31 Å². The van der Waals surface area contributed by atoms with E-state index >= 15 is 0 Å². The highest BCUT2D eigenvalue weighted by Gasteiger charge is 2.31. The van der Waals surface area contributed by atoms with E-state index in [0.717, 1.165) is 24.1 Å². The van der Waals surface area contributed by atoms with E-state index in [1.54, 1.807) is 16.4 Å². The largest absolute Gasteiger partial charge is 0.378 e. The maximum absolute atomic E-state index is 12.5. The van der Waals surface area contributed by atoms with E-state index in [-0.39, 0.29) is 17.9 Å². The Morgan fingerprint density at radius 3 is 2.78 bits per heavy atom. The topological polar surface area (TPSA) is 75.7 Å². The lowest BCUT2D eigenvalue weighted by Crippen LogP contribution is -2.33. The second-order valence-corrected chi connectivity index (χ2v) is 9.35. The van der Waals surface area contributed by atoms with Crippen LogP contribution in [0.4, 0.5) is 0 Å². The molecule has 3 heterocycles. The summed E-state index contributed by atoms with van der Waals surface area (Å²) in [6, 6.07) is 3.42. The van der Waals surface area contributed by atoms with Crippen LogP contribution in [-0.4, -0.2) is 44.4 Å². The molecule has 0 aliphatic carbocycles. The first-order valence-corrected chi connectivity index (χ1v) is 10.2. The standard InChI is InChI=1S/C15H22N2O4S2/c1-11-13(6-9-21-11)15(18)16-10-12-4-5-14(22-12)23(19,20)17-7-2-3-8-17/h4-5,11,13H,2-3,6-10H2,1H3,(H,16,18)/t11-,13-/m0/s1. The SMILES string of the molecule is C[C@@H]1OCC[C@@H]1C(=O)NCc1ccc(S(=O)(=O)N2CCCC2)s1. The maximum Gasteiger partial charge on any atom is 0.252 e. The van der Waals surface area contributed by atoms with Gasteiger partial charge in [0.25, 0.3) is 10.0 Å². The van der Waals surface area contributed by atoms with Gasteiger partial charge >= 0.3 is 0 Å². The van der Waals surface area contributed by atoms with Crippen LogP contribution in [0.1, 0.15) is 31.1 Å². The van der Waals surface area contributed by atoms with Crippen molar-refractivity contribution in [1.82, 2.24) is 9.62 Å². The number of hydrogen-bond donors (Lipinski definition) is 1. The molecule has 0 bridgehead atoms. The number of nitrogens with one attached hydrogen (secondary N) is 1. The van der Waals surface area contributed by atoms with Crippen molar-refractivity contribution < 1.29 is 17.9 Å². The van der Waals surface area contributed by atoms with Crippen LogP contribution in [0.15, 0.2) is 16.3 Å². The summed E-state index contributed by atoms with van der Waals surface area (Å²) in [5.74, 6) is -0.130. The van der Waals surface area contributed by atoms with Gasteiger partial charge in [-0.3, -0.25) is 4.79 Å².